The van der Waals surface area contributed by atoms with Crippen LogP contribution in [-0.4, -0.2) is 47.1 Å². The molecule has 0 aliphatic rings. The van der Waals surface area contributed by atoms with E-state index < -0.39 is 5.76 Å². The molecule has 9 heteroatoms. The highest BCUT2D eigenvalue weighted by atomic mass is 32.1. The largest absolute Gasteiger partial charge is 0.437 e. The van der Waals surface area contributed by atoms with Gasteiger partial charge in [0.05, 0.1) is 18.0 Å². The van der Waals surface area contributed by atoms with Crippen molar-refractivity contribution >= 4 is 23.2 Å². The third-order valence-corrected chi connectivity index (χ3v) is 3.68. The van der Waals surface area contributed by atoms with Gasteiger partial charge in [0, 0.05) is 20.5 Å². The fourth-order valence-electron chi connectivity index (χ4n) is 1.58. The number of nitrogens with zero attached hydrogens (tertiary/aromatic N) is 3. The second-order valence-electron chi connectivity index (χ2n) is 4.69. The number of likely N-dealkylation sites (N-methyl/N-ethyl adjacent to an activating group) is 1. The third-order valence-electron chi connectivity index (χ3n) is 2.82. The Morgan fingerprint density at radius 1 is 1.45 bits per heavy atom. The van der Waals surface area contributed by atoms with Gasteiger partial charge >= 0.3 is 5.76 Å². The maximum absolute atomic E-state index is 11.6. The molecule has 8 nitrogen and oxygen atoms in total. The molecule has 2 aromatic heterocycles. The van der Waals surface area contributed by atoms with E-state index in [2.05, 4.69) is 10.4 Å². The molecule has 0 aliphatic heterocycles. The quantitative estimate of drug-likeness (QED) is 0.816. The topological polar surface area (TPSA) is 97.4 Å². The maximum Gasteiger partial charge on any atom is 0.437 e. The summed E-state index contributed by atoms with van der Waals surface area (Å²) in [7, 11) is 3.21. The average molecular weight is 324 g/mol. The highest BCUT2D eigenvalue weighted by Crippen LogP contribution is 2.20. The molecule has 0 radical (unpaired) electrons. The van der Waals surface area contributed by atoms with Crippen molar-refractivity contribution in [3.8, 4) is 10.8 Å². The zero-order valence-electron chi connectivity index (χ0n) is 12.2. The first-order valence-electron chi connectivity index (χ1n) is 6.56. The van der Waals surface area contributed by atoms with Crippen molar-refractivity contribution in [2.24, 2.45) is 0 Å². The minimum atomic E-state index is -0.611. The number of aryl methyl sites for hydroxylation is 1. The highest BCUT2D eigenvalue weighted by Gasteiger charge is 2.13. The smallest absolute Gasteiger partial charge is 0.387 e. The first kappa shape index (κ1) is 16.0. The van der Waals surface area contributed by atoms with Crippen LogP contribution in [0, 0.1) is 0 Å². The van der Waals surface area contributed by atoms with Crippen molar-refractivity contribution in [2.75, 3.05) is 20.6 Å². The van der Waals surface area contributed by atoms with Gasteiger partial charge in [-0.05, 0) is 11.4 Å². The summed E-state index contributed by atoms with van der Waals surface area (Å²) in [5.41, 5.74) is 0. The Hall–Kier alpha value is -2.42. The number of nitrogens with one attached hydrogen (secondary N) is 1. The van der Waals surface area contributed by atoms with Crippen LogP contribution in [0.5, 0.6) is 0 Å². The van der Waals surface area contributed by atoms with Gasteiger partial charge in [0.1, 0.15) is 0 Å². The lowest BCUT2D eigenvalue weighted by Gasteiger charge is -2.10. The molecular weight excluding hydrogens is 308 g/mol. The zero-order chi connectivity index (χ0) is 16.1. The number of hydrogen-bond acceptors (Lipinski definition) is 6. The lowest BCUT2D eigenvalue weighted by atomic mass is 10.4. The van der Waals surface area contributed by atoms with Crippen molar-refractivity contribution in [1.82, 2.24) is 20.0 Å². The molecule has 22 heavy (non-hydrogen) atoms. The van der Waals surface area contributed by atoms with Crippen molar-refractivity contribution in [3.63, 3.8) is 0 Å². The van der Waals surface area contributed by atoms with E-state index in [1.54, 1.807) is 20.2 Å². The predicted octanol–water partition coefficient (Wildman–Crippen LogP) is 0.159. The predicted molar refractivity (Wildman–Crippen MR) is 80.4 cm³/mol. The first-order valence-corrected chi connectivity index (χ1v) is 7.44. The van der Waals surface area contributed by atoms with E-state index in [4.69, 9.17) is 4.42 Å². The van der Waals surface area contributed by atoms with E-state index >= 15 is 0 Å². The number of thiophene rings is 1. The minimum Gasteiger partial charge on any atom is -0.387 e. The number of amides is 2. The van der Waals surface area contributed by atoms with Gasteiger partial charge in [0.25, 0.3) is 5.89 Å². The van der Waals surface area contributed by atoms with Crippen LogP contribution >= 0.6 is 11.3 Å². The molecule has 0 atom stereocenters. The normalized spacial score (nSPS) is 10.5. The maximum atomic E-state index is 11.6. The van der Waals surface area contributed by atoms with Gasteiger partial charge in [-0.3, -0.25) is 9.59 Å². The van der Waals surface area contributed by atoms with Gasteiger partial charge in [-0.2, -0.15) is 4.68 Å². The van der Waals surface area contributed by atoms with Crippen molar-refractivity contribution in [1.29, 1.82) is 0 Å². The molecule has 0 spiro atoms. The van der Waals surface area contributed by atoms with Crippen molar-refractivity contribution in [3.05, 3.63) is 28.1 Å². The number of hydrogen-bond donors (Lipinski definition) is 1. The van der Waals surface area contributed by atoms with Crippen molar-refractivity contribution in [2.45, 2.75) is 13.0 Å². The minimum absolute atomic E-state index is 0.0387. The van der Waals surface area contributed by atoms with Gasteiger partial charge < -0.3 is 14.6 Å². The molecule has 2 aromatic rings. The summed E-state index contributed by atoms with van der Waals surface area (Å²) in [4.78, 5) is 36.8. The van der Waals surface area contributed by atoms with Crippen LogP contribution in [-0.2, 0) is 16.1 Å². The van der Waals surface area contributed by atoms with Crippen LogP contribution in [0.25, 0.3) is 10.8 Å². The van der Waals surface area contributed by atoms with Crippen LogP contribution in [0.4, 0.5) is 0 Å². The lowest BCUT2D eigenvalue weighted by Crippen LogP contribution is -2.36. The summed E-state index contributed by atoms with van der Waals surface area (Å²) in [6.45, 7) is 0.0235. The molecule has 2 heterocycles. The molecule has 0 fully saturated rings. The molecule has 2 amide bonds. The Bertz CT molecular complexity index is 702. The fourth-order valence-corrected chi connectivity index (χ4v) is 2.22. The molecule has 0 unspecified atom stereocenters. The average Bonchev–Trinajstić information content (AvgIpc) is 3.11. The molecule has 118 valence electrons. The summed E-state index contributed by atoms with van der Waals surface area (Å²) in [6, 6.07) is 3.62. The molecule has 0 aromatic carbocycles. The Balaban J connectivity index is 1.88. The van der Waals surface area contributed by atoms with Crippen molar-refractivity contribution < 1.29 is 14.0 Å². The van der Waals surface area contributed by atoms with Crippen LogP contribution in [0.1, 0.15) is 6.42 Å². The first-order chi connectivity index (χ1) is 10.5. The Morgan fingerprint density at radius 2 is 2.23 bits per heavy atom. The summed E-state index contributed by atoms with van der Waals surface area (Å²) in [5.74, 6) is -0.904. The Labute approximate surface area is 130 Å². The van der Waals surface area contributed by atoms with E-state index in [1.165, 1.54) is 16.2 Å². The molecule has 0 bridgehead atoms. The summed E-state index contributed by atoms with van der Waals surface area (Å²) < 4.78 is 6.13. The number of carbonyl (C=O) groups excluding carboxylic acids is 2. The second-order valence-corrected chi connectivity index (χ2v) is 5.64. The van der Waals surface area contributed by atoms with Crippen LogP contribution in [0.3, 0.4) is 0 Å². The number of carbonyl (C=O) groups is 2. The molecule has 0 saturated carbocycles. The van der Waals surface area contributed by atoms with Gasteiger partial charge in [-0.1, -0.05) is 6.07 Å². The molecule has 2 rings (SSSR count). The molecule has 0 saturated heterocycles. The van der Waals surface area contributed by atoms with Crippen LogP contribution < -0.4 is 11.1 Å². The summed E-state index contributed by atoms with van der Waals surface area (Å²) in [6.07, 6.45) is 0.0387. The van der Waals surface area contributed by atoms with E-state index in [1.807, 2.05) is 11.4 Å². The van der Waals surface area contributed by atoms with Gasteiger partial charge in [-0.15, -0.1) is 16.4 Å². The van der Waals surface area contributed by atoms with E-state index in [9.17, 15) is 14.4 Å². The van der Waals surface area contributed by atoms with Gasteiger partial charge in [0.2, 0.25) is 11.8 Å². The SMILES string of the molecule is CN(C)C(=O)CNC(=O)CCn1nc(-c2cccs2)oc1=O. The number of aromatic nitrogens is 2. The highest BCUT2D eigenvalue weighted by molar-refractivity contribution is 7.13. The molecule has 1 N–H and O–H groups in total. The van der Waals surface area contributed by atoms with E-state index in [0.29, 0.717) is 0 Å². The molecule has 0 aliphatic carbocycles. The molecular formula is C13H16N4O4S. The summed E-state index contributed by atoms with van der Waals surface area (Å²) >= 11 is 1.41. The van der Waals surface area contributed by atoms with Gasteiger partial charge in [0.15, 0.2) is 0 Å². The zero-order valence-corrected chi connectivity index (χ0v) is 13.1. The fraction of sp³-hybridized carbons (Fsp3) is 0.385. The summed E-state index contributed by atoms with van der Waals surface area (Å²) in [5, 5.41) is 8.38. The third kappa shape index (κ3) is 4.04. The van der Waals surface area contributed by atoms with Crippen LogP contribution in [0.15, 0.2) is 26.7 Å². The lowest BCUT2D eigenvalue weighted by molar-refractivity contribution is -0.130. The van der Waals surface area contributed by atoms with Gasteiger partial charge in [-0.25, -0.2) is 4.79 Å². The standard InChI is InChI=1S/C13H16N4O4S/c1-16(2)11(19)8-14-10(18)5-6-17-13(20)21-12(15-17)9-4-3-7-22-9/h3-4,7H,5-6,8H2,1-2H3,(H,14,18). The second kappa shape index (κ2) is 7.03. The van der Waals surface area contributed by atoms with E-state index in [-0.39, 0.29) is 37.2 Å². The Kier molecular flexibility index (Phi) is 5.10. The van der Waals surface area contributed by atoms with Crippen LogP contribution in [0.2, 0.25) is 0 Å². The number of rotatable bonds is 6. The van der Waals surface area contributed by atoms with E-state index in [0.717, 1.165) is 9.56 Å². The monoisotopic (exact) mass is 324 g/mol. The Morgan fingerprint density at radius 3 is 2.86 bits per heavy atom.